The van der Waals surface area contributed by atoms with Crippen LogP contribution in [0.3, 0.4) is 0 Å². The van der Waals surface area contributed by atoms with E-state index in [9.17, 15) is 9.59 Å². The Hall–Kier alpha value is -3.28. The molecular formula is C18H18N2O4. The first-order valence-electron chi connectivity index (χ1n) is 7.21. The van der Waals surface area contributed by atoms with Crippen LogP contribution >= 0.6 is 0 Å². The molecule has 2 rings (SSSR count). The molecule has 0 radical (unpaired) electrons. The molecule has 6 nitrogen and oxygen atoms in total. The Morgan fingerprint density at radius 3 is 2.50 bits per heavy atom. The van der Waals surface area contributed by atoms with E-state index in [1.165, 1.54) is 13.2 Å². The highest BCUT2D eigenvalue weighted by Crippen LogP contribution is 2.22. The van der Waals surface area contributed by atoms with Crippen molar-refractivity contribution in [3.05, 3.63) is 59.7 Å². The van der Waals surface area contributed by atoms with Crippen molar-refractivity contribution in [2.24, 2.45) is 0 Å². The van der Waals surface area contributed by atoms with E-state index in [2.05, 4.69) is 5.32 Å². The molecule has 124 valence electrons. The van der Waals surface area contributed by atoms with Crippen LogP contribution in [-0.4, -0.2) is 24.1 Å². The average Bonchev–Trinajstić information content (AvgIpc) is 2.54. The minimum Gasteiger partial charge on any atom is -0.495 e. The Bertz CT molecular complexity index is 767. The zero-order valence-electron chi connectivity index (χ0n) is 13.2. The van der Waals surface area contributed by atoms with Gasteiger partial charge in [-0.1, -0.05) is 18.2 Å². The number of methoxy groups -OCH3 is 1. The molecule has 0 bridgehead atoms. The van der Waals surface area contributed by atoms with Crippen molar-refractivity contribution in [1.29, 1.82) is 0 Å². The maximum absolute atomic E-state index is 11.9. The number of rotatable bonds is 6. The number of carboxylic acid groups (broad SMARTS) is 1. The number of hydrogen-bond donors (Lipinski definition) is 3. The second-order valence-corrected chi connectivity index (χ2v) is 5.09. The summed E-state index contributed by atoms with van der Waals surface area (Å²) in [4.78, 5) is 22.5. The zero-order chi connectivity index (χ0) is 17.5. The van der Waals surface area contributed by atoms with Crippen LogP contribution in [0.2, 0.25) is 0 Å². The van der Waals surface area contributed by atoms with E-state index < -0.39 is 5.97 Å². The maximum Gasteiger partial charge on any atom is 0.307 e. The minimum absolute atomic E-state index is 0.0486. The number of carbonyl (C=O) groups is 2. The molecule has 2 aromatic rings. The molecule has 0 heterocycles. The van der Waals surface area contributed by atoms with Crippen molar-refractivity contribution in [2.45, 2.75) is 6.42 Å². The number of amides is 1. The standard InChI is InChI=1S/C18H18N2O4/c1-24-16-8-4-12(10-15(16)19)5-9-17(21)20-14-6-2-13(3-7-14)11-18(22)23/h2-10H,11,19H2,1H3,(H,20,21)(H,22,23)/b9-5-. The monoisotopic (exact) mass is 326 g/mol. The highest BCUT2D eigenvalue weighted by atomic mass is 16.5. The van der Waals surface area contributed by atoms with Crippen LogP contribution in [0.1, 0.15) is 11.1 Å². The Morgan fingerprint density at radius 2 is 1.92 bits per heavy atom. The van der Waals surface area contributed by atoms with Crippen LogP contribution in [0.5, 0.6) is 5.75 Å². The molecule has 2 aromatic carbocycles. The largest absolute Gasteiger partial charge is 0.495 e. The first kappa shape index (κ1) is 17.1. The minimum atomic E-state index is -0.895. The number of aliphatic carboxylic acids is 1. The van der Waals surface area contributed by atoms with Crippen LogP contribution < -0.4 is 15.8 Å². The number of carboxylic acids is 1. The van der Waals surface area contributed by atoms with E-state index in [4.69, 9.17) is 15.6 Å². The van der Waals surface area contributed by atoms with Gasteiger partial charge in [0.15, 0.2) is 0 Å². The van der Waals surface area contributed by atoms with Crippen LogP contribution in [0.4, 0.5) is 11.4 Å². The summed E-state index contributed by atoms with van der Waals surface area (Å²) < 4.78 is 5.07. The Balaban J connectivity index is 1.97. The number of nitrogens with two attached hydrogens (primary N) is 1. The molecule has 0 aromatic heterocycles. The number of nitrogen functional groups attached to an aromatic ring is 1. The van der Waals surface area contributed by atoms with Crippen LogP contribution in [0, 0.1) is 0 Å². The summed E-state index contributed by atoms with van der Waals surface area (Å²) in [5.74, 6) is -0.609. The van der Waals surface area contributed by atoms with Gasteiger partial charge in [0.2, 0.25) is 5.91 Å². The SMILES string of the molecule is COc1ccc(/C=C\C(=O)Nc2ccc(CC(=O)O)cc2)cc1N. The lowest BCUT2D eigenvalue weighted by molar-refractivity contribution is -0.136. The van der Waals surface area contributed by atoms with Crippen molar-refractivity contribution in [3.8, 4) is 5.75 Å². The fraction of sp³-hybridized carbons (Fsp3) is 0.111. The summed E-state index contributed by atoms with van der Waals surface area (Å²) >= 11 is 0. The summed E-state index contributed by atoms with van der Waals surface area (Å²) in [6.45, 7) is 0. The highest BCUT2D eigenvalue weighted by Gasteiger charge is 2.02. The van der Waals surface area contributed by atoms with Gasteiger partial charge in [-0.3, -0.25) is 9.59 Å². The Labute approximate surface area is 139 Å². The summed E-state index contributed by atoms with van der Waals surface area (Å²) in [5, 5.41) is 11.4. The molecule has 0 fully saturated rings. The zero-order valence-corrected chi connectivity index (χ0v) is 13.2. The number of nitrogens with one attached hydrogen (secondary N) is 1. The topological polar surface area (TPSA) is 102 Å². The molecule has 0 aliphatic rings. The normalized spacial score (nSPS) is 10.5. The van der Waals surface area contributed by atoms with Gasteiger partial charge in [-0.2, -0.15) is 0 Å². The van der Waals surface area contributed by atoms with Gasteiger partial charge >= 0.3 is 5.97 Å². The van der Waals surface area contributed by atoms with E-state index in [0.29, 0.717) is 22.7 Å². The van der Waals surface area contributed by atoms with Crippen molar-refractivity contribution in [2.75, 3.05) is 18.2 Å². The summed E-state index contributed by atoms with van der Waals surface area (Å²) in [7, 11) is 1.54. The van der Waals surface area contributed by atoms with Gasteiger partial charge in [-0.15, -0.1) is 0 Å². The van der Waals surface area contributed by atoms with Gasteiger partial charge in [0.05, 0.1) is 19.2 Å². The average molecular weight is 326 g/mol. The summed E-state index contributed by atoms with van der Waals surface area (Å²) in [6.07, 6.45) is 2.99. The van der Waals surface area contributed by atoms with Gasteiger partial charge in [0, 0.05) is 11.8 Å². The molecule has 0 atom stereocenters. The third-order valence-corrected chi connectivity index (χ3v) is 3.26. The molecular weight excluding hydrogens is 308 g/mol. The number of ether oxygens (including phenoxy) is 1. The van der Waals surface area contributed by atoms with Crippen molar-refractivity contribution >= 4 is 29.3 Å². The second-order valence-electron chi connectivity index (χ2n) is 5.09. The summed E-state index contributed by atoms with van der Waals surface area (Å²) in [6, 6.07) is 11.9. The smallest absolute Gasteiger partial charge is 0.307 e. The lowest BCUT2D eigenvalue weighted by Crippen LogP contribution is -2.08. The Kier molecular flexibility index (Phi) is 5.57. The third kappa shape index (κ3) is 4.88. The molecule has 0 unspecified atom stereocenters. The van der Waals surface area contributed by atoms with Crippen molar-refractivity contribution in [1.82, 2.24) is 0 Å². The quantitative estimate of drug-likeness (QED) is 0.559. The molecule has 4 N–H and O–H groups in total. The number of hydrogen-bond acceptors (Lipinski definition) is 4. The molecule has 0 aliphatic heterocycles. The molecule has 24 heavy (non-hydrogen) atoms. The van der Waals surface area contributed by atoms with E-state index in [0.717, 1.165) is 5.56 Å². The summed E-state index contributed by atoms with van der Waals surface area (Å²) in [5.41, 5.74) is 8.34. The number of anilines is 2. The maximum atomic E-state index is 11.9. The van der Waals surface area contributed by atoms with E-state index >= 15 is 0 Å². The molecule has 1 amide bonds. The van der Waals surface area contributed by atoms with Crippen LogP contribution in [0.15, 0.2) is 48.5 Å². The van der Waals surface area contributed by atoms with Crippen molar-refractivity contribution < 1.29 is 19.4 Å². The molecule has 0 spiro atoms. The third-order valence-electron chi connectivity index (χ3n) is 3.26. The number of carbonyl (C=O) groups excluding carboxylic acids is 1. The fourth-order valence-corrected chi connectivity index (χ4v) is 2.09. The first-order valence-corrected chi connectivity index (χ1v) is 7.21. The highest BCUT2D eigenvalue weighted by molar-refractivity contribution is 6.02. The predicted octanol–water partition coefficient (Wildman–Crippen LogP) is 2.56. The molecule has 0 saturated carbocycles. The van der Waals surface area contributed by atoms with Gasteiger partial charge in [-0.05, 0) is 41.5 Å². The first-order chi connectivity index (χ1) is 11.5. The van der Waals surface area contributed by atoms with E-state index in [1.54, 1.807) is 48.5 Å². The van der Waals surface area contributed by atoms with Crippen LogP contribution in [-0.2, 0) is 16.0 Å². The van der Waals surface area contributed by atoms with Gasteiger partial charge in [0.25, 0.3) is 0 Å². The van der Waals surface area contributed by atoms with Crippen molar-refractivity contribution in [3.63, 3.8) is 0 Å². The molecule has 0 aliphatic carbocycles. The predicted molar refractivity (Wildman–Crippen MR) is 92.9 cm³/mol. The van der Waals surface area contributed by atoms with Crippen LogP contribution in [0.25, 0.3) is 6.08 Å². The fourth-order valence-electron chi connectivity index (χ4n) is 2.09. The van der Waals surface area contributed by atoms with E-state index in [-0.39, 0.29) is 12.3 Å². The number of benzene rings is 2. The van der Waals surface area contributed by atoms with Gasteiger partial charge in [-0.25, -0.2) is 0 Å². The molecule has 6 heteroatoms. The van der Waals surface area contributed by atoms with Gasteiger partial charge in [0.1, 0.15) is 5.75 Å². The lowest BCUT2D eigenvalue weighted by Gasteiger charge is -2.05. The van der Waals surface area contributed by atoms with Gasteiger partial charge < -0.3 is 20.9 Å². The lowest BCUT2D eigenvalue weighted by atomic mass is 10.1. The second kappa shape index (κ2) is 7.82. The van der Waals surface area contributed by atoms with E-state index in [1.807, 2.05) is 0 Å². The Morgan fingerprint density at radius 1 is 1.21 bits per heavy atom. The molecule has 0 saturated heterocycles.